The van der Waals surface area contributed by atoms with Gasteiger partial charge in [0.1, 0.15) is 6.54 Å². The van der Waals surface area contributed by atoms with Gasteiger partial charge in [-0.1, -0.05) is 12.2 Å². The highest BCUT2D eigenvalue weighted by Gasteiger charge is 2.47. The second-order valence-corrected chi connectivity index (χ2v) is 9.54. The van der Waals surface area contributed by atoms with Gasteiger partial charge < -0.3 is 5.32 Å². The molecule has 0 bridgehead atoms. The lowest BCUT2D eigenvalue weighted by molar-refractivity contribution is -0.142. The van der Waals surface area contributed by atoms with Crippen LogP contribution in [0.25, 0.3) is 0 Å². The van der Waals surface area contributed by atoms with Gasteiger partial charge >= 0.3 is 0 Å². The van der Waals surface area contributed by atoms with Gasteiger partial charge in [-0.15, -0.1) is 0 Å². The second-order valence-electron chi connectivity index (χ2n) is 7.60. The summed E-state index contributed by atoms with van der Waals surface area (Å²) in [6.45, 7) is 0.713. The number of nitrogens with zero attached hydrogens (tertiary/aromatic N) is 2. The van der Waals surface area contributed by atoms with Crippen LogP contribution in [-0.2, 0) is 24.4 Å². The van der Waals surface area contributed by atoms with Crippen molar-refractivity contribution < 1.29 is 22.8 Å². The minimum absolute atomic E-state index is 0.180. The highest BCUT2D eigenvalue weighted by molar-refractivity contribution is 7.89. The molecule has 0 radical (unpaired) electrons. The predicted molar refractivity (Wildman–Crippen MR) is 105 cm³/mol. The fourth-order valence-corrected chi connectivity index (χ4v) is 5.67. The minimum atomic E-state index is -3.51. The van der Waals surface area contributed by atoms with Crippen LogP contribution >= 0.6 is 0 Å². The van der Waals surface area contributed by atoms with E-state index < -0.39 is 15.9 Å². The van der Waals surface area contributed by atoms with E-state index in [1.807, 2.05) is 12.2 Å². The topological polar surface area (TPSA) is 104 Å². The summed E-state index contributed by atoms with van der Waals surface area (Å²) in [5.74, 6) is -1.82. The maximum atomic E-state index is 12.5. The fourth-order valence-electron chi connectivity index (χ4n) is 4.16. The van der Waals surface area contributed by atoms with Crippen molar-refractivity contribution in [2.75, 3.05) is 25.0 Å². The molecule has 8 nitrogen and oxygen atoms in total. The van der Waals surface area contributed by atoms with Crippen LogP contribution in [0.15, 0.2) is 41.3 Å². The number of hydrogen-bond acceptors (Lipinski definition) is 5. The molecule has 1 aliphatic carbocycles. The van der Waals surface area contributed by atoms with Crippen LogP contribution in [0.1, 0.15) is 25.7 Å². The van der Waals surface area contributed by atoms with Crippen molar-refractivity contribution in [3.8, 4) is 0 Å². The first kappa shape index (κ1) is 19.8. The minimum Gasteiger partial charge on any atom is -0.325 e. The lowest BCUT2D eigenvalue weighted by Gasteiger charge is -2.16. The van der Waals surface area contributed by atoms with E-state index in [1.165, 1.54) is 28.6 Å². The smallest absolute Gasteiger partial charge is 0.244 e. The van der Waals surface area contributed by atoms with E-state index in [1.54, 1.807) is 0 Å². The van der Waals surface area contributed by atoms with Crippen LogP contribution in [0.2, 0.25) is 0 Å². The Balaban J connectivity index is 1.39. The zero-order chi connectivity index (χ0) is 20.6. The molecule has 2 heterocycles. The van der Waals surface area contributed by atoms with Crippen molar-refractivity contribution in [3.63, 3.8) is 0 Å². The average molecular weight is 417 g/mol. The molecule has 1 aromatic rings. The van der Waals surface area contributed by atoms with E-state index in [-0.39, 0.29) is 35.1 Å². The average Bonchev–Trinajstić information content (AvgIpc) is 3.34. The van der Waals surface area contributed by atoms with Crippen molar-refractivity contribution in [2.24, 2.45) is 11.8 Å². The number of anilines is 1. The normalized spacial score (nSPS) is 24.8. The van der Waals surface area contributed by atoms with Crippen LogP contribution in [0.3, 0.4) is 0 Å². The molecule has 0 spiro atoms. The Bertz CT molecular complexity index is 938. The molecule has 2 aliphatic heterocycles. The number of nitrogens with one attached hydrogen (secondary N) is 1. The summed E-state index contributed by atoms with van der Waals surface area (Å²) >= 11 is 0. The largest absolute Gasteiger partial charge is 0.325 e. The van der Waals surface area contributed by atoms with Crippen LogP contribution in [0, 0.1) is 11.8 Å². The number of hydrogen-bond donors (Lipinski definition) is 1. The molecule has 1 N–H and O–H groups in total. The van der Waals surface area contributed by atoms with Gasteiger partial charge in [0.2, 0.25) is 27.7 Å². The van der Waals surface area contributed by atoms with E-state index >= 15 is 0 Å². The highest BCUT2D eigenvalue weighted by atomic mass is 32.2. The number of amides is 3. The van der Waals surface area contributed by atoms with Crippen molar-refractivity contribution in [2.45, 2.75) is 30.6 Å². The molecule has 0 saturated carbocycles. The number of rotatable bonds is 5. The molecular weight excluding hydrogens is 394 g/mol. The van der Waals surface area contributed by atoms with Crippen molar-refractivity contribution in [1.29, 1.82) is 0 Å². The Morgan fingerprint density at radius 2 is 1.52 bits per heavy atom. The lowest BCUT2D eigenvalue weighted by Crippen LogP contribution is -2.38. The number of carbonyl (C=O) groups excluding carboxylic acids is 3. The zero-order valence-electron chi connectivity index (χ0n) is 15.9. The monoisotopic (exact) mass is 417 g/mol. The standard InChI is InChI=1S/C20H23N3O5S/c24-18(13-23-19(25)16-5-1-2-6-17(16)20(23)26)21-14-7-9-15(10-8-14)29(27,28)22-11-3-4-12-22/h1-2,7-10,16-17H,3-6,11-13H2,(H,21,24). The third kappa shape index (κ3) is 3.72. The van der Waals surface area contributed by atoms with Crippen LogP contribution in [0.5, 0.6) is 0 Å². The number of allylic oxidation sites excluding steroid dienone is 2. The van der Waals surface area contributed by atoms with Crippen molar-refractivity contribution in [3.05, 3.63) is 36.4 Å². The highest BCUT2D eigenvalue weighted by Crippen LogP contribution is 2.34. The number of fused-ring (bicyclic) bond motifs is 1. The van der Waals surface area contributed by atoms with Gasteiger partial charge in [0.15, 0.2) is 0 Å². The zero-order valence-corrected chi connectivity index (χ0v) is 16.7. The first-order valence-corrected chi connectivity index (χ1v) is 11.2. The Hall–Kier alpha value is -2.52. The summed E-state index contributed by atoms with van der Waals surface area (Å²) in [6.07, 6.45) is 6.57. The number of likely N-dealkylation sites (tertiary alicyclic amines) is 1. The summed E-state index contributed by atoms with van der Waals surface area (Å²) in [4.78, 5) is 38.4. The van der Waals surface area contributed by atoms with Crippen molar-refractivity contribution >= 4 is 33.4 Å². The van der Waals surface area contributed by atoms with Gasteiger partial charge in [-0.25, -0.2) is 8.42 Å². The molecule has 2 fully saturated rings. The van der Waals surface area contributed by atoms with E-state index in [2.05, 4.69) is 5.32 Å². The van der Waals surface area contributed by atoms with Crippen LogP contribution in [0.4, 0.5) is 5.69 Å². The molecule has 1 aromatic carbocycles. The quantitative estimate of drug-likeness (QED) is 0.576. The molecule has 2 atom stereocenters. The first-order valence-electron chi connectivity index (χ1n) is 9.78. The predicted octanol–water partition coefficient (Wildman–Crippen LogP) is 1.36. The van der Waals surface area contributed by atoms with E-state index in [0.29, 0.717) is 31.6 Å². The third-order valence-electron chi connectivity index (χ3n) is 5.74. The Morgan fingerprint density at radius 3 is 2.07 bits per heavy atom. The maximum absolute atomic E-state index is 12.5. The first-order chi connectivity index (χ1) is 13.9. The molecule has 4 rings (SSSR count). The Labute approximate surface area is 169 Å². The number of imide groups is 1. The van der Waals surface area contributed by atoms with Gasteiger partial charge in [0.05, 0.1) is 16.7 Å². The second kappa shape index (κ2) is 7.72. The van der Waals surface area contributed by atoms with Crippen LogP contribution < -0.4 is 5.32 Å². The van der Waals surface area contributed by atoms with Gasteiger partial charge in [-0.05, 0) is 49.9 Å². The molecule has 2 saturated heterocycles. The number of benzene rings is 1. The molecule has 3 amide bonds. The summed E-state index contributed by atoms with van der Waals surface area (Å²) in [7, 11) is -3.51. The van der Waals surface area contributed by atoms with E-state index in [0.717, 1.165) is 17.7 Å². The molecule has 0 aromatic heterocycles. The summed E-state index contributed by atoms with van der Waals surface area (Å²) < 4.78 is 26.5. The summed E-state index contributed by atoms with van der Waals surface area (Å²) in [6, 6.07) is 5.93. The van der Waals surface area contributed by atoms with Crippen molar-refractivity contribution in [1.82, 2.24) is 9.21 Å². The Morgan fingerprint density at radius 1 is 0.966 bits per heavy atom. The SMILES string of the molecule is O=C(CN1C(=O)C2CC=CCC2C1=O)Nc1ccc(S(=O)(=O)N2CCCC2)cc1. The molecule has 29 heavy (non-hydrogen) atoms. The van der Waals surface area contributed by atoms with Gasteiger partial charge in [0, 0.05) is 18.8 Å². The van der Waals surface area contributed by atoms with Gasteiger partial charge in [-0.3, -0.25) is 19.3 Å². The fraction of sp³-hybridized carbons (Fsp3) is 0.450. The summed E-state index contributed by atoms with van der Waals surface area (Å²) in [5.41, 5.74) is 0.411. The Kier molecular flexibility index (Phi) is 5.26. The summed E-state index contributed by atoms with van der Waals surface area (Å²) in [5, 5.41) is 2.63. The van der Waals surface area contributed by atoms with Crippen LogP contribution in [-0.4, -0.2) is 55.0 Å². The number of sulfonamides is 1. The lowest BCUT2D eigenvalue weighted by atomic mass is 9.85. The van der Waals surface area contributed by atoms with E-state index in [4.69, 9.17) is 0 Å². The molecule has 9 heteroatoms. The molecule has 2 unspecified atom stereocenters. The number of carbonyl (C=O) groups is 3. The third-order valence-corrected chi connectivity index (χ3v) is 7.65. The van der Waals surface area contributed by atoms with Gasteiger partial charge in [-0.2, -0.15) is 4.31 Å². The van der Waals surface area contributed by atoms with Gasteiger partial charge in [0.25, 0.3) is 0 Å². The molecule has 3 aliphatic rings. The molecule has 154 valence electrons. The maximum Gasteiger partial charge on any atom is 0.244 e. The van der Waals surface area contributed by atoms with E-state index in [9.17, 15) is 22.8 Å². The molecular formula is C20H23N3O5S.